The average molecular weight is 900 g/mol. The summed E-state index contributed by atoms with van der Waals surface area (Å²) in [6, 6.07) is 22.4. The van der Waals surface area contributed by atoms with Gasteiger partial charge in [0.2, 0.25) is 20.0 Å². The Bertz CT molecular complexity index is 2650. The molecule has 0 aromatic heterocycles. The van der Waals surface area contributed by atoms with Crippen molar-refractivity contribution in [3.63, 3.8) is 0 Å². The van der Waals surface area contributed by atoms with E-state index in [-0.39, 0.29) is 96.4 Å². The van der Waals surface area contributed by atoms with Gasteiger partial charge >= 0.3 is 29.6 Å². The normalized spacial score (nSPS) is 11.9. The Morgan fingerprint density at radius 2 is 1.44 bits per heavy atom. The quantitative estimate of drug-likeness (QED) is 0.0282. The Hall–Kier alpha value is -5.30. The number of fused-ring (bicyclic) bond motifs is 1. The van der Waals surface area contributed by atoms with Gasteiger partial charge in [-0.2, -0.15) is 5.11 Å². The van der Waals surface area contributed by atoms with Gasteiger partial charge in [0.25, 0.3) is 5.69 Å². The number of aromatic hydroxyl groups is 2. The number of benzene rings is 5. The third kappa shape index (κ3) is 13.4. The van der Waals surface area contributed by atoms with Crippen LogP contribution in [0.2, 0.25) is 0 Å². The largest absolute Gasteiger partial charge is 1.00 e. The van der Waals surface area contributed by atoms with Gasteiger partial charge in [-0.15, -0.1) is 21.0 Å². The number of nitro benzene ring substituents is 1. The number of phenols is 2. The van der Waals surface area contributed by atoms with Crippen LogP contribution in [0.1, 0.15) is 20.8 Å². The summed E-state index contributed by atoms with van der Waals surface area (Å²) in [6.07, 6.45) is 0. The van der Waals surface area contributed by atoms with Crippen molar-refractivity contribution in [1.82, 2.24) is 9.44 Å². The molecule has 6 N–H and O–H groups in total. The molecule has 0 atom stereocenters. The number of hydrogen-bond donors (Lipinski definition) is 5. The Kier molecular flexibility index (Phi) is 18.3. The van der Waals surface area contributed by atoms with Gasteiger partial charge in [-0.05, 0) is 80.7 Å². The molecule has 0 aliphatic heterocycles. The van der Waals surface area contributed by atoms with Crippen molar-refractivity contribution < 1.29 is 88.2 Å². The van der Waals surface area contributed by atoms with E-state index < -0.39 is 48.1 Å². The summed E-state index contributed by atoms with van der Waals surface area (Å²) in [5.74, 6) is -2.23. The number of rotatable bonds is 13. The van der Waals surface area contributed by atoms with E-state index in [9.17, 15) is 47.1 Å². The Morgan fingerprint density at radius 3 is 2.03 bits per heavy atom. The van der Waals surface area contributed by atoms with Crippen LogP contribution in [0.5, 0.6) is 11.5 Å². The summed E-state index contributed by atoms with van der Waals surface area (Å²) < 4.78 is 53.3. The van der Waals surface area contributed by atoms with Crippen LogP contribution < -0.4 is 49.4 Å². The minimum atomic E-state index is -3.83. The van der Waals surface area contributed by atoms with Gasteiger partial charge < -0.3 is 26.4 Å². The summed E-state index contributed by atoms with van der Waals surface area (Å²) in [5.41, 5.74) is 7.59. The number of anilines is 1. The van der Waals surface area contributed by atoms with E-state index in [1.54, 1.807) is 56.3 Å². The second-order valence-corrected chi connectivity index (χ2v) is 15.6. The Labute approximate surface area is 371 Å². The smallest absolute Gasteiger partial charge is 0.859 e. The predicted octanol–water partition coefficient (Wildman–Crippen LogP) is 3.86. The number of azo groups is 2. The standard InChI is InChI=1S/C19H22N4O5S.C17H14N5O5S.Co.Na/c1-12(2)23-29(27,28)15-9-10-17(25)16(11-15)21-22-18(13(3)24)19(26)20-14-7-5-4-6-8-14;1-19-28(26,27)12-5-2-10-3-6-14(18)17(13(10)9-12)21-20-15-7-4-11(22(24)25)8-16(15)23;;/h4-12,20,23,25-26H,1-3H3;2-9,19H,1H3,(H2-,18,20,21,23);;/q;-1;;+1/p-1/b19-18-,22-21?;;;. The van der Waals surface area contributed by atoms with E-state index in [4.69, 9.17) is 5.73 Å². The number of phenolic OH excluding ortho intramolecular Hbond substituents is 2. The van der Waals surface area contributed by atoms with E-state index in [0.717, 1.165) is 31.2 Å². The molecular weight excluding hydrogens is 865 g/mol. The molecule has 5 rings (SSSR count). The first-order valence-electron chi connectivity index (χ1n) is 16.5. The minimum absolute atomic E-state index is 0. The average Bonchev–Trinajstić information content (AvgIpc) is 3.15. The van der Waals surface area contributed by atoms with Crippen molar-refractivity contribution in [2.75, 3.05) is 12.4 Å². The predicted molar refractivity (Wildman–Crippen MR) is 209 cm³/mol. The van der Waals surface area contributed by atoms with E-state index in [0.29, 0.717) is 16.5 Å². The van der Waals surface area contributed by atoms with Crippen molar-refractivity contribution in [3.05, 3.63) is 124 Å². The van der Waals surface area contributed by atoms with Gasteiger partial charge in [-0.25, -0.2) is 26.3 Å². The van der Waals surface area contributed by atoms with Crippen LogP contribution in [-0.2, 0) is 41.6 Å². The van der Waals surface area contributed by atoms with E-state index in [2.05, 4.69) is 35.2 Å². The maximum atomic E-state index is 12.3. The zero-order valence-electron chi connectivity index (χ0n) is 31.9. The number of Topliss-reactive ketones (excluding diaryl/α,β-unsaturated/α-hetero) is 1. The molecule has 0 spiro atoms. The number of hydrogen-bond acceptors (Lipinski definition) is 15. The zero-order chi connectivity index (χ0) is 42.1. The summed E-state index contributed by atoms with van der Waals surface area (Å²) in [4.78, 5) is 21.7. The number of para-hydroxylation sites is 1. The number of nitrogens with one attached hydrogen (secondary N) is 4. The molecule has 0 saturated heterocycles. The first kappa shape index (κ1) is 49.8. The number of carbonyl (C=O) groups excluding carboxylic acids is 1. The van der Waals surface area contributed by atoms with E-state index >= 15 is 0 Å². The van der Waals surface area contributed by atoms with Crippen molar-refractivity contribution in [1.29, 1.82) is 0 Å². The topological polar surface area (TPSA) is 301 Å². The van der Waals surface area contributed by atoms with Crippen LogP contribution in [-0.4, -0.2) is 50.8 Å². The van der Waals surface area contributed by atoms with Crippen LogP contribution in [0, 0.1) is 10.1 Å². The molecule has 0 unspecified atom stereocenters. The maximum absolute atomic E-state index is 12.3. The molecule has 59 heavy (non-hydrogen) atoms. The monoisotopic (exact) mass is 899 g/mol. The summed E-state index contributed by atoms with van der Waals surface area (Å²) in [7, 11) is -6.23. The first-order chi connectivity index (χ1) is 26.8. The van der Waals surface area contributed by atoms with Crippen molar-refractivity contribution >= 4 is 70.7 Å². The minimum Gasteiger partial charge on any atom is -0.859 e. The summed E-state index contributed by atoms with van der Waals surface area (Å²) in [5, 5.41) is 61.6. The molecule has 19 nitrogen and oxygen atoms in total. The first-order valence-corrected chi connectivity index (χ1v) is 19.4. The van der Waals surface area contributed by atoms with Crippen molar-refractivity contribution in [2.45, 2.75) is 36.6 Å². The molecule has 0 fully saturated rings. The zero-order valence-corrected chi connectivity index (χ0v) is 36.5. The van der Waals surface area contributed by atoms with Crippen LogP contribution >= 0.6 is 0 Å². The molecule has 0 aliphatic rings. The molecule has 0 heterocycles. The molecule has 0 aliphatic carbocycles. The molecular formula is C36H35CoN9NaO10S2-. The second-order valence-electron chi connectivity index (χ2n) is 12.0. The van der Waals surface area contributed by atoms with Gasteiger partial charge in [0.1, 0.15) is 28.6 Å². The number of nitrogens with zero attached hydrogens (tertiary/aromatic N) is 5. The van der Waals surface area contributed by atoms with Gasteiger partial charge in [-0.1, -0.05) is 36.4 Å². The number of sulfonamides is 2. The van der Waals surface area contributed by atoms with Gasteiger partial charge in [0, 0.05) is 46.9 Å². The Balaban J connectivity index is 0.000000394. The fourth-order valence-electron chi connectivity index (χ4n) is 4.71. The molecule has 5 aromatic rings. The third-order valence-electron chi connectivity index (χ3n) is 7.46. The van der Waals surface area contributed by atoms with Crippen molar-refractivity contribution in [3.8, 4) is 11.5 Å². The number of non-ortho nitro benzene ring substituents is 1. The number of allylic oxidation sites excluding steroid dienone is 1. The fraction of sp³-hybridized carbons (Fsp3) is 0.139. The number of nitro groups is 1. The molecule has 307 valence electrons. The summed E-state index contributed by atoms with van der Waals surface area (Å²) >= 11 is 0. The number of carbonyl (C=O) groups is 1. The fourth-order valence-corrected chi connectivity index (χ4v) is 6.74. The van der Waals surface area contributed by atoms with Crippen molar-refractivity contribution in [2.24, 2.45) is 20.5 Å². The second kappa shape index (κ2) is 21.6. The van der Waals surface area contributed by atoms with Gasteiger partial charge in [0.05, 0.1) is 26.5 Å². The molecule has 5 aromatic carbocycles. The summed E-state index contributed by atoms with van der Waals surface area (Å²) in [6.45, 7) is 4.47. The molecule has 0 amide bonds. The van der Waals surface area contributed by atoms with Crippen LogP contribution in [0.3, 0.4) is 0 Å². The molecule has 23 heteroatoms. The van der Waals surface area contributed by atoms with E-state index in [1.807, 2.05) is 0 Å². The van der Waals surface area contributed by atoms with Gasteiger partial charge in [0.15, 0.2) is 5.78 Å². The maximum Gasteiger partial charge on any atom is 1.00 e. The molecule has 0 saturated carbocycles. The van der Waals surface area contributed by atoms with Crippen LogP contribution in [0.4, 0.5) is 34.1 Å². The number of ketones is 1. The van der Waals surface area contributed by atoms with Crippen LogP contribution in [0.15, 0.2) is 139 Å². The van der Waals surface area contributed by atoms with Gasteiger partial charge in [-0.3, -0.25) is 14.9 Å². The Morgan fingerprint density at radius 1 is 0.814 bits per heavy atom. The third-order valence-corrected chi connectivity index (χ3v) is 10.5. The van der Waals surface area contributed by atoms with Crippen LogP contribution in [0.25, 0.3) is 16.5 Å². The van der Waals surface area contributed by atoms with E-state index in [1.165, 1.54) is 37.4 Å². The molecule has 0 bridgehead atoms. The molecule has 1 radical (unpaired) electrons. The SMILES string of the molecule is CC(=O)/C(N=Nc1cc(S(=O)(=O)NC(C)C)ccc1O)=C(/[O-])Nc1ccccc1.CNS(=O)(=O)c1ccc2ccc([NH-])c(N=Nc3ccc([N+](=O)[O-])cc3O)c2c1.[Co].[Na+].